The molecule has 96 valence electrons. The number of amides is 1. The highest BCUT2D eigenvalue weighted by Crippen LogP contribution is 2.20. The van der Waals surface area contributed by atoms with E-state index in [9.17, 15) is 4.79 Å². The Morgan fingerprint density at radius 3 is 3.11 bits per heavy atom. The van der Waals surface area contributed by atoms with Crippen LogP contribution in [0.25, 0.3) is 11.1 Å². The number of carbonyl (C=O) groups excluding carboxylic acids is 1. The number of halogens is 1. The molecule has 1 amide bonds. The van der Waals surface area contributed by atoms with Gasteiger partial charge in [0.25, 0.3) is 11.3 Å². The molecular formula is C12H13ClN2O3. The summed E-state index contributed by atoms with van der Waals surface area (Å²) < 4.78 is 10.1. The van der Waals surface area contributed by atoms with Gasteiger partial charge in [-0.05, 0) is 36.7 Å². The molecule has 0 saturated carbocycles. The zero-order chi connectivity index (χ0) is 13.1. The van der Waals surface area contributed by atoms with Crippen molar-refractivity contribution < 1.29 is 13.9 Å². The third kappa shape index (κ3) is 2.80. The van der Waals surface area contributed by atoms with Gasteiger partial charge in [0.05, 0.1) is 6.61 Å². The topological polar surface area (TPSA) is 64.4 Å². The fourth-order valence-corrected chi connectivity index (χ4v) is 1.81. The van der Waals surface area contributed by atoms with E-state index in [2.05, 4.69) is 10.3 Å². The van der Waals surface area contributed by atoms with E-state index < -0.39 is 0 Å². The summed E-state index contributed by atoms with van der Waals surface area (Å²) in [7, 11) is 1.59. The van der Waals surface area contributed by atoms with E-state index in [1.807, 2.05) is 6.92 Å². The van der Waals surface area contributed by atoms with Gasteiger partial charge in [-0.25, -0.2) is 0 Å². The van der Waals surface area contributed by atoms with Gasteiger partial charge in [-0.15, -0.1) is 0 Å². The smallest absolute Gasteiger partial charge is 0.293 e. The number of fused-ring (bicyclic) bond motifs is 1. The van der Waals surface area contributed by atoms with E-state index in [0.717, 1.165) is 0 Å². The second kappa shape index (κ2) is 5.37. The van der Waals surface area contributed by atoms with Crippen molar-refractivity contribution in [2.45, 2.75) is 13.0 Å². The fraction of sp³-hybridized carbons (Fsp3) is 0.333. The van der Waals surface area contributed by atoms with E-state index in [1.165, 1.54) is 0 Å². The number of hydrogen-bond acceptors (Lipinski definition) is 4. The van der Waals surface area contributed by atoms with E-state index in [-0.39, 0.29) is 17.3 Å². The number of nitrogens with one attached hydrogen (secondary N) is 1. The van der Waals surface area contributed by atoms with Crippen molar-refractivity contribution in [3.8, 4) is 0 Å². The molecule has 0 aliphatic heterocycles. The normalized spacial score (nSPS) is 12.6. The molecule has 2 aromatic rings. The predicted molar refractivity (Wildman–Crippen MR) is 67.8 cm³/mol. The van der Waals surface area contributed by atoms with Gasteiger partial charge in [0.2, 0.25) is 0 Å². The Kier molecular flexibility index (Phi) is 3.84. The maximum absolute atomic E-state index is 11.9. The van der Waals surface area contributed by atoms with Gasteiger partial charge < -0.3 is 14.5 Å². The predicted octanol–water partition coefficient (Wildman–Crippen LogP) is 2.25. The van der Waals surface area contributed by atoms with Crippen molar-refractivity contribution in [2.75, 3.05) is 13.7 Å². The largest absolute Gasteiger partial charge is 0.428 e. The number of aromatic nitrogens is 1. The molecule has 6 heteroatoms. The third-order valence-corrected chi connectivity index (χ3v) is 2.58. The molecule has 1 heterocycles. The first kappa shape index (κ1) is 12.9. The Labute approximate surface area is 109 Å². The van der Waals surface area contributed by atoms with Gasteiger partial charge in [-0.3, -0.25) is 4.79 Å². The van der Waals surface area contributed by atoms with Crippen LogP contribution in [0.4, 0.5) is 0 Å². The summed E-state index contributed by atoms with van der Waals surface area (Å²) >= 11 is 5.65. The number of carbonyl (C=O) groups is 1. The summed E-state index contributed by atoms with van der Waals surface area (Å²) in [5.74, 6) is -0.186. The molecule has 0 saturated heterocycles. The minimum absolute atomic E-state index is 0.0588. The number of oxazole rings is 1. The molecule has 1 aromatic heterocycles. The van der Waals surface area contributed by atoms with Gasteiger partial charge in [-0.2, -0.15) is 4.98 Å². The molecule has 0 aliphatic rings. The summed E-state index contributed by atoms with van der Waals surface area (Å²) in [5, 5.41) is 2.87. The monoisotopic (exact) mass is 268 g/mol. The summed E-state index contributed by atoms with van der Waals surface area (Å²) in [6.07, 6.45) is 0. The van der Waals surface area contributed by atoms with Gasteiger partial charge in [0.1, 0.15) is 5.52 Å². The number of benzene rings is 1. The Morgan fingerprint density at radius 1 is 1.61 bits per heavy atom. The lowest BCUT2D eigenvalue weighted by molar-refractivity contribution is 0.0905. The highest BCUT2D eigenvalue weighted by molar-refractivity contribution is 6.28. The molecular weight excluding hydrogens is 256 g/mol. The average Bonchev–Trinajstić information content (AvgIpc) is 2.68. The van der Waals surface area contributed by atoms with Crippen LogP contribution >= 0.6 is 11.6 Å². The van der Waals surface area contributed by atoms with Crippen molar-refractivity contribution in [1.29, 1.82) is 0 Å². The van der Waals surface area contributed by atoms with Crippen molar-refractivity contribution in [2.24, 2.45) is 0 Å². The average molecular weight is 269 g/mol. The van der Waals surface area contributed by atoms with Gasteiger partial charge in [0, 0.05) is 18.7 Å². The molecule has 1 N–H and O–H groups in total. The first-order chi connectivity index (χ1) is 8.60. The number of ether oxygens (including phenoxy) is 1. The zero-order valence-electron chi connectivity index (χ0n) is 10.1. The lowest BCUT2D eigenvalue weighted by atomic mass is 10.2. The number of methoxy groups -OCH3 is 1. The second-order valence-electron chi connectivity index (χ2n) is 3.98. The van der Waals surface area contributed by atoms with Crippen LogP contribution in [-0.2, 0) is 4.74 Å². The van der Waals surface area contributed by atoms with Crippen molar-refractivity contribution in [3.05, 3.63) is 29.1 Å². The Hall–Kier alpha value is -1.59. The van der Waals surface area contributed by atoms with E-state index in [1.54, 1.807) is 25.3 Å². The number of hydrogen-bond donors (Lipinski definition) is 1. The maximum atomic E-state index is 11.9. The zero-order valence-corrected chi connectivity index (χ0v) is 10.8. The van der Waals surface area contributed by atoms with E-state index in [4.69, 9.17) is 20.8 Å². The second-order valence-corrected chi connectivity index (χ2v) is 4.30. The first-order valence-corrected chi connectivity index (χ1v) is 5.84. The lowest BCUT2D eigenvalue weighted by Gasteiger charge is -2.12. The van der Waals surface area contributed by atoms with E-state index in [0.29, 0.717) is 23.3 Å². The molecule has 5 nitrogen and oxygen atoms in total. The Bertz CT molecular complexity index is 567. The summed E-state index contributed by atoms with van der Waals surface area (Å²) in [6.45, 7) is 2.33. The van der Waals surface area contributed by atoms with Crippen LogP contribution in [-0.4, -0.2) is 30.6 Å². The van der Waals surface area contributed by atoms with Crippen LogP contribution in [0.2, 0.25) is 5.35 Å². The minimum atomic E-state index is -0.186. The number of nitrogens with zero attached hydrogens (tertiary/aromatic N) is 1. The van der Waals surface area contributed by atoms with Gasteiger partial charge in [-0.1, -0.05) is 0 Å². The van der Waals surface area contributed by atoms with Crippen LogP contribution in [0, 0.1) is 0 Å². The Balaban J connectivity index is 2.17. The molecule has 2 rings (SSSR count). The summed E-state index contributed by atoms with van der Waals surface area (Å²) in [6, 6.07) is 4.93. The van der Waals surface area contributed by atoms with Crippen molar-refractivity contribution in [3.63, 3.8) is 0 Å². The summed E-state index contributed by atoms with van der Waals surface area (Å²) in [5.41, 5.74) is 1.62. The maximum Gasteiger partial charge on any atom is 0.293 e. The molecule has 0 unspecified atom stereocenters. The summed E-state index contributed by atoms with van der Waals surface area (Å²) in [4.78, 5) is 15.9. The standard InChI is InChI=1S/C12H13ClN2O3/c1-7(6-17-2)14-11(16)8-3-4-9-10(5-8)18-12(13)15-9/h3-5,7H,6H2,1-2H3,(H,14,16)/t7-/m1/s1. The molecule has 0 spiro atoms. The molecule has 18 heavy (non-hydrogen) atoms. The molecule has 1 atom stereocenters. The van der Waals surface area contributed by atoms with E-state index >= 15 is 0 Å². The highest BCUT2D eigenvalue weighted by Gasteiger charge is 2.12. The van der Waals surface area contributed by atoms with Gasteiger partial charge in [0.15, 0.2) is 5.58 Å². The lowest BCUT2D eigenvalue weighted by Crippen LogP contribution is -2.35. The molecule has 0 radical (unpaired) electrons. The fourth-order valence-electron chi connectivity index (χ4n) is 1.64. The minimum Gasteiger partial charge on any atom is -0.428 e. The van der Waals surface area contributed by atoms with Crippen LogP contribution in [0.3, 0.4) is 0 Å². The highest BCUT2D eigenvalue weighted by atomic mass is 35.5. The third-order valence-electron chi connectivity index (χ3n) is 2.42. The van der Waals surface area contributed by atoms with Crippen LogP contribution in [0.1, 0.15) is 17.3 Å². The SMILES string of the molecule is COC[C@@H](C)NC(=O)c1ccc2nc(Cl)oc2c1. The van der Waals surface area contributed by atoms with Crippen molar-refractivity contribution >= 4 is 28.6 Å². The molecule has 1 aromatic carbocycles. The molecule has 0 aliphatic carbocycles. The quantitative estimate of drug-likeness (QED) is 0.924. The Morgan fingerprint density at radius 2 is 2.39 bits per heavy atom. The first-order valence-electron chi connectivity index (χ1n) is 5.46. The molecule has 0 bridgehead atoms. The van der Waals surface area contributed by atoms with Gasteiger partial charge >= 0.3 is 0 Å². The molecule has 0 fully saturated rings. The number of rotatable bonds is 4. The van der Waals surface area contributed by atoms with Crippen LogP contribution in [0.15, 0.2) is 22.6 Å². The van der Waals surface area contributed by atoms with Crippen LogP contribution < -0.4 is 5.32 Å². The van der Waals surface area contributed by atoms with Crippen molar-refractivity contribution in [1.82, 2.24) is 10.3 Å². The van der Waals surface area contributed by atoms with Crippen LogP contribution in [0.5, 0.6) is 0 Å².